The fourth-order valence-electron chi connectivity index (χ4n) is 4.39. The first-order chi connectivity index (χ1) is 13.3. The molecule has 28 heavy (non-hydrogen) atoms. The van der Waals surface area contributed by atoms with E-state index in [-0.39, 0.29) is 36.3 Å². The van der Waals surface area contributed by atoms with E-state index in [1.807, 2.05) is 13.0 Å². The Morgan fingerprint density at radius 3 is 2.75 bits per heavy atom. The summed E-state index contributed by atoms with van der Waals surface area (Å²) >= 11 is 0. The van der Waals surface area contributed by atoms with Gasteiger partial charge in [-0.25, -0.2) is 9.59 Å². The Morgan fingerprint density at radius 2 is 2.14 bits per heavy atom. The Kier molecular flexibility index (Phi) is 5.60. The van der Waals surface area contributed by atoms with Crippen molar-refractivity contribution in [2.75, 3.05) is 19.7 Å². The Hall–Kier alpha value is -2.61. The van der Waals surface area contributed by atoms with Crippen molar-refractivity contribution >= 4 is 18.0 Å². The number of carboxylic acids is 1. The smallest absolute Gasteiger partial charge is 0.410 e. The van der Waals surface area contributed by atoms with Gasteiger partial charge in [0.05, 0.1) is 18.1 Å². The molecule has 2 N–H and O–H groups in total. The molecular weight excluding hydrogens is 364 g/mol. The summed E-state index contributed by atoms with van der Waals surface area (Å²) < 4.78 is 5.05. The van der Waals surface area contributed by atoms with Gasteiger partial charge in [0.1, 0.15) is 12.3 Å². The van der Waals surface area contributed by atoms with E-state index in [4.69, 9.17) is 4.74 Å². The number of aliphatic hydroxyl groups is 1. The molecule has 0 aliphatic carbocycles. The highest BCUT2D eigenvalue weighted by molar-refractivity contribution is 6.00. The van der Waals surface area contributed by atoms with Gasteiger partial charge in [-0.2, -0.15) is 0 Å². The van der Waals surface area contributed by atoms with Gasteiger partial charge in [-0.1, -0.05) is 18.7 Å². The van der Waals surface area contributed by atoms with Crippen LogP contribution in [0.5, 0.6) is 0 Å². The molecule has 152 valence electrons. The van der Waals surface area contributed by atoms with E-state index in [1.165, 1.54) is 11.0 Å². The van der Waals surface area contributed by atoms with E-state index < -0.39 is 18.0 Å². The summed E-state index contributed by atoms with van der Waals surface area (Å²) in [6.07, 6.45) is 3.49. The molecule has 2 saturated heterocycles. The minimum Gasteiger partial charge on any atom is -0.477 e. The van der Waals surface area contributed by atoms with Crippen molar-refractivity contribution in [2.24, 2.45) is 11.8 Å². The van der Waals surface area contributed by atoms with E-state index in [0.717, 1.165) is 12.0 Å². The quantitative estimate of drug-likeness (QED) is 0.526. The summed E-state index contributed by atoms with van der Waals surface area (Å²) in [4.78, 5) is 39.0. The van der Waals surface area contributed by atoms with E-state index in [9.17, 15) is 24.6 Å². The van der Waals surface area contributed by atoms with Gasteiger partial charge in [0, 0.05) is 13.1 Å². The van der Waals surface area contributed by atoms with Crippen LogP contribution >= 0.6 is 0 Å². The third kappa shape index (κ3) is 3.44. The van der Waals surface area contributed by atoms with Gasteiger partial charge in [0.2, 0.25) is 5.91 Å². The molecule has 4 atom stereocenters. The second-order valence-corrected chi connectivity index (χ2v) is 7.59. The Labute approximate surface area is 163 Å². The fourth-order valence-corrected chi connectivity index (χ4v) is 4.39. The number of carboxylic acid groups (broad SMARTS) is 1. The van der Waals surface area contributed by atoms with Crippen molar-refractivity contribution in [1.82, 2.24) is 9.80 Å². The summed E-state index contributed by atoms with van der Waals surface area (Å²) in [5, 5.41) is 19.5. The van der Waals surface area contributed by atoms with Crippen molar-refractivity contribution in [2.45, 2.75) is 38.8 Å². The normalized spacial score (nSPS) is 28.2. The number of likely N-dealkylation sites (tertiary alicyclic amines) is 1. The predicted octanol–water partition coefficient (Wildman–Crippen LogP) is 1.53. The molecule has 3 aliphatic rings. The van der Waals surface area contributed by atoms with Gasteiger partial charge >= 0.3 is 12.1 Å². The van der Waals surface area contributed by atoms with E-state index >= 15 is 0 Å². The summed E-state index contributed by atoms with van der Waals surface area (Å²) in [7, 11) is 0. The molecule has 0 aromatic rings. The number of hydrogen-bond donors (Lipinski definition) is 2. The molecule has 8 heteroatoms. The number of allylic oxidation sites excluding steroid dienone is 1. The zero-order chi connectivity index (χ0) is 20.6. The maximum atomic E-state index is 12.3. The van der Waals surface area contributed by atoms with Gasteiger partial charge in [0.25, 0.3) is 0 Å². The Morgan fingerprint density at radius 1 is 1.43 bits per heavy atom. The van der Waals surface area contributed by atoms with Crippen LogP contribution in [0.2, 0.25) is 0 Å². The zero-order valence-electron chi connectivity index (χ0n) is 16.1. The van der Waals surface area contributed by atoms with Gasteiger partial charge in [0.15, 0.2) is 0 Å². The van der Waals surface area contributed by atoms with Crippen LogP contribution in [0.15, 0.2) is 35.6 Å². The van der Waals surface area contributed by atoms with Crippen molar-refractivity contribution in [3.8, 4) is 0 Å². The van der Waals surface area contributed by atoms with E-state index in [2.05, 4.69) is 6.58 Å². The number of rotatable bonds is 6. The number of aliphatic carboxylic acids is 1. The van der Waals surface area contributed by atoms with Crippen LogP contribution in [0.1, 0.15) is 26.7 Å². The second-order valence-electron chi connectivity index (χ2n) is 7.59. The number of β-lactam (4-membered cyclic amide) rings is 1. The number of hydrogen-bond acceptors (Lipinski definition) is 5. The van der Waals surface area contributed by atoms with Gasteiger partial charge < -0.3 is 24.7 Å². The Balaban J connectivity index is 1.74. The van der Waals surface area contributed by atoms with Crippen molar-refractivity contribution in [3.63, 3.8) is 0 Å². The van der Waals surface area contributed by atoms with Gasteiger partial charge in [-0.05, 0) is 43.8 Å². The highest BCUT2D eigenvalue weighted by Crippen LogP contribution is 2.45. The molecule has 3 rings (SSSR count). The van der Waals surface area contributed by atoms with Crippen LogP contribution in [0, 0.1) is 11.8 Å². The van der Waals surface area contributed by atoms with Gasteiger partial charge in [-0.3, -0.25) is 4.79 Å². The first-order valence-corrected chi connectivity index (χ1v) is 9.45. The summed E-state index contributed by atoms with van der Waals surface area (Å²) in [6, 6.07) is -0.300. The molecule has 0 aromatic heterocycles. The molecule has 0 radical (unpaired) electrons. The van der Waals surface area contributed by atoms with Crippen LogP contribution < -0.4 is 0 Å². The van der Waals surface area contributed by atoms with Crippen LogP contribution in [-0.2, 0) is 14.3 Å². The summed E-state index contributed by atoms with van der Waals surface area (Å²) in [5.41, 5.74) is 1.44. The minimum atomic E-state index is -1.14. The molecule has 0 saturated carbocycles. The number of carbonyl (C=O) groups excluding carboxylic acids is 2. The number of ether oxygens (including phenoxy) is 1. The monoisotopic (exact) mass is 390 g/mol. The molecule has 0 spiro atoms. The topological polar surface area (TPSA) is 107 Å². The minimum absolute atomic E-state index is 0.0147. The van der Waals surface area contributed by atoms with Crippen LogP contribution in [0.25, 0.3) is 0 Å². The lowest BCUT2D eigenvalue weighted by molar-refractivity contribution is -0.161. The first-order valence-electron chi connectivity index (χ1n) is 9.45. The summed E-state index contributed by atoms with van der Waals surface area (Å²) in [6.45, 7) is 8.16. The maximum Gasteiger partial charge on any atom is 0.410 e. The van der Waals surface area contributed by atoms with Gasteiger partial charge in [-0.15, -0.1) is 0 Å². The Bertz CT molecular complexity index is 769. The lowest BCUT2D eigenvalue weighted by Crippen LogP contribution is -2.61. The number of nitrogens with zero attached hydrogens (tertiary/aromatic N) is 2. The van der Waals surface area contributed by atoms with E-state index in [1.54, 1.807) is 11.8 Å². The van der Waals surface area contributed by atoms with Crippen LogP contribution in [0.4, 0.5) is 4.79 Å². The second kappa shape index (κ2) is 7.79. The molecule has 3 aliphatic heterocycles. The standard InChI is InChI=1S/C20H26N2O6/c1-4-7-28-20(27)21-6-5-13(10-21)8-11(2)14-9-15-16(12(3)23)18(24)22(15)17(14)19(25)26/h4,8,12-13,15-16,23H,1,5-7,9-10H2,2-3H3,(H,25,26)/t12-,13?,15-,16-/m1/s1. The molecular formula is C20H26N2O6. The SMILES string of the molecule is C=CCOC(=O)N1CCC(C=C(C)C2=C(C(=O)O)N3C(=O)[C@H]([C@@H](C)O)[C@H]3C2)C1. The van der Waals surface area contributed by atoms with Crippen LogP contribution in [0.3, 0.4) is 0 Å². The van der Waals surface area contributed by atoms with E-state index in [0.29, 0.717) is 25.1 Å². The molecule has 8 nitrogen and oxygen atoms in total. The average molecular weight is 390 g/mol. The zero-order valence-corrected chi connectivity index (χ0v) is 16.1. The molecule has 0 aromatic carbocycles. The average Bonchev–Trinajstić information content (AvgIpc) is 3.21. The number of aliphatic hydroxyl groups excluding tert-OH is 1. The molecule has 3 heterocycles. The highest BCUT2D eigenvalue weighted by Gasteiger charge is 2.56. The lowest BCUT2D eigenvalue weighted by atomic mass is 9.82. The predicted molar refractivity (Wildman–Crippen MR) is 100 cm³/mol. The third-order valence-electron chi connectivity index (χ3n) is 5.70. The van der Waals surface area contributed by atoms with Crippen LogP contribution in [-0.4, -0.2) is 69.8 Å². The summed E-state index contributed by atoms with van der Waals surface area (Å²) in [5.74, 6) is -1.93. The number of fused-ring (bicyclic) bond motifs is 1. The first kappa shape index (κ1) is 20.1. The highest BCUT2D eigenvalue weighted by atomic mass is 16.6. The molecule has 2 amide bonds. The number of carbonyl (C=O) groups is 3. The fraction of sp³-hybridized carbons (Fsp3) is 0.550. The largest absolute Gasteiger partial charge is 0.477 e. The third-order valence-corrected chi connectivity index (χ3v) is 5.70. The molecule has 0 bridgehead atoms. The van der Waals surface area contributed by atoms with Crippen molar-refractivity contribution in [3.05, 3.63) is 35.6 Å². The molecule has 1 unspecified atom stereocenters. The maximum absolute atomic E-state index is 12.3. The van der Waals surface area contributed by atoms with Crippen molar-refractivity contribution in [1.29, 1.82) is 0 Å². The number of amides is 2. The lowest BCUT2D eigenvalue weighted by Gasteiger charge is -2.44. The molecule has 2 fully saturated rings. The van der Waals surface area contributed by atoms with Crippen molar-refractivity contribution < 1.29 is 29.3 Å².